The molecule has 2 aromatic carbocycles. The lowest BCUT2D eigenvalue weighted by Crippen LogP contribution is -2.23. The number of cyclic esters (lactones) is 2. The summed E-state index contributed by atoms with van der Waals surface area (Å²) >= 11 is 3.48. The molecule has 2 heterocycles. The number of rotatable bonds is 23. The third-order valence-electron chi connectivity index (χ3n) is 11.3. The number of hydrogen-bond acceptors (Lipinski definition) is 14. The molecule has 0 spiro atoms. The molecule has 0 saturated carbocycles. The van der Waals surface area contributed by atoms with E-state index in [1.54, 1.807) is 47.5 Å². The fraction of sp³-hybridized carbons (Fsp3) is 0.600. The molecule has 14 nitrogen and oxygen atoms in total. The minimum Gasteiger partial charge on any atom is -0.496 e. The van der Waals surface area contributed by atoms with Crippen LogP contribution in [0.1, 0.15) is 88.2 Å². The van der Waals surface area contributed by atoms with Crippen LogP contribution < -0.4 is 18.9 Å². The summed E-state index contributed by atoms with van der Waals surface area (Å²) in [6.07, 6.45) is 5.56. The third-order valence-corrected chi connectivity index (χ3v) is 19.2. The minimum atomic E-state index is -3.08. The van der Waals surface area contributed by atoms with Crippen molar-refractivity contribution >= 4 is 58.8 Å². The molecule has 384 valence electrons. The average molecular weight is 1100 g/mol. The molecule has 2 aliphatic heterocycles. The fourth-order valence-corrected chi connectivity index (χ4v) is 11.1. The number of esters is 2. The molecule has 0 amide bonds. The van der Waals surface area contributed by atoms with Crippen molar-refractivity contribution in [3.8, 4) is 35.1 Å². The highest BCUT2D eigenvalue weighted by molar-refractivity contribution is 9.09. The Bertz CT molecular complexity index is 2360. The molecule has 1 unspecified atom stereocenters. The lowest BCUT2D eigenvalue weighted by molar-refractivity contribution is 0.0522. The number of halogens is 1. The maximum atomic E-state index is 12.6. The zero-order chi connectivity index (χ0) is 52.5. The van der Waals surface area contributed by atoms with Crippen molar-refractivity contribution in [1.29, 1.82) is 10.5 Å². The van der Waals surface area contributed by atoms with Crippen LogP contribution in [0.4, 0.5) is 0 Å². The summed E-state index contributed by atoms with van der Waals surface area (Å²) in [6, 6.07) is 5.95. The predicted octanol–water partition coefficient (Wildman–Crippen LogP) is 12.8. The SMILES string of the molecule is CCOP(=O)(CC#N)OCC.COc1c(C)c2c(c(OCC[Si](C)(C)C)c1C/C=C(\C)CBr)C(=O)OC2.COc1c(C)c2c(c(OCC[Si](C)(C)C)c1C/C=C(\C)CC(C#N)P(C)(C)=O)C(=O)OC2. The topological polar surface area (TPSA) is 190 Å². The summed E-state index contributed by atoms with van der Waals surface area (Å²) in [5, 5.41) is 18.5. The number of carbonyl (C=O) groups is 2. The first kappa shape index (κ1) is 61.5. The van der Waals surface area contributed by atoms with Crippen LogP contribution in [-0.4, -0.2) is 99.2 Å². The summed E-state index contributed by atoms with van der Waals surface area (Å²) in [7, 11) is -4.87. The molecule has 4 rings (SSSR count). The van der Waals surface area contributed by atoms with Crippen molar-refractivity contribution in [3.05, 3.63) is 67.8 Å². The van der Waals surface area contributed by atoms with Crippen molar-refractivity contribution in [1.82, 2.24) is 0 Å². The monoisotopic (exact) mass is 1090 g/mol. The van der Waals surface area contributed by atoms with Gasteiger partial charge in [0.1, 0.15) is 59.2 Å². The van der Waals surface area contributed by atoms with Gasteiger partial charge in [0.05, 0.1) is 59.9 Å². The van der Waals surface area contributed by atoms with Gasteiger partial charge in [-0.1, -0.05) is 78.5 Å². The predicted molar refractivity (Wildman–Crippen MR) is 285 cm³/mol. The Labute approximate surface area is 422 Å². The Morgan fingerprint density at radius 1 is 0.739 bits per heavy atom. The number of ether oxygens (including phenoxy) is 6. The van der Waals surface area contributed by atoms with E-state index in [1.165, 1.54) is 5.57 Å². The van der Waals surface area contributed by atoms with Gasteiger partial charge in [0.2, 0.25) is 0 Å². The smallest absolute Gasteiger partial charge is 0.344 e. The van der Waals surface area contributed by atoms with Crippen LogP contribution in [0.25, 0.3) is 0 Å². The number of alkyl halides is 1. The lowest BCUT2D eigenvalue weighted by Gasteiger charge is -2.21. The van der Waals surface area contributed by atoms with Crippen molar-refractivity contribution in [2.75, 3.05) is 65.5 Å². The summed E-state index contributed by atoms with van der Waals surface area (Å²) in [5.74, 6) is 2.02. The Balaban J connectivity index is 0.000000395. The zero-order valence-corrected chi connectivity index (χ0v) is 49.4. The van der Waals surface area contributed by atoms with E-state index >= 15 is 0 Å². The molecule has 1 atom stereocenters. The van der Waals surface area contributed by atoms with Gasteiger partial charge >= 0.3 is 19.5 Å². The Hall–Kier alpha value is -3.67. The van der Waals surface area contributed by atoms with Gasteiger partial charge in [-0.2, -0.15) is 10.5 Å². The van der Waals surface area contributed by atoms with E-state index in [0.717, 1.165) is 62.1 Å². The lowest BCUT2D eigenvalue weighted by atomic mass is 9.94. The van der Waals surface area contributed by atoms with Crippen molar-refractivity contribution < 1.29 is 56.2 Å². The highest BCUT2D eigenvalue weighted by Crippen LogP contribution is 2.48. The number of hydrogen-bond donors (Lipinski definition) is 0. The van der Waals surface area contributed by atoms with Crippen LogP contribution in [0.15, 0.2) is 23.3 Å². The van der Waals surface area contributed by atoms with E-state index in [-0.39, 0.29) is 31.3 Å². The number of benzene rings is 2. The standard InChI is InChI=1S/C24H36NO5PSi.C20H29BrO4Si.C6H12NO3P/c1-16(13-18(14-25)31(4,5)27)9-10-19-22(28-3)17(2)20-15-30-24(26)21(20)23(19)29-11-12-32(6,7)8;1-13(11-21)7-8-15-18(23-3)14(2)16-12-25-20(22)17(16)19(15)24-9-10-26(4,5)6;1-3-9-11(8,6-5-7)10-4-2/h9,18H,10-13,15H2,1-8H3;7H,8-12H2,1-6H3;3-4,6H2,1-2H3/b16-9+;13-7+;. The molecule has 0 aromatic heterocycles. The minimum absolute atomic E-state index is 0.172. The Morgan fingerprint density at radius 2 is 1.14 bits per heavy atom. The number of fused-ring (bicyclic) bond motifs is 2. The second-order valence-electron chi connectivity index (χ2n) is 19.8. The fourth-order valence-electron chi connectivity index (χ4n) is 7.27. The Kier molecular flexibility index (Phi) is 24.8. The van der Waals surface area contributed by atoms with E-state index in [2.05, 4.69) is 74.3 Å². The van der Waals surface area contributed by atoms with Gasteiger partial charge in [-0.3, -0.25) is 4.57 Å². The van der Waals surface area contributed by atoms with E-state index < -0.39 is 36.5 Å². The van der Waals surface area contributed by atoms with Crippen molar-refractivity contribution in [2.45, 2.75) is 131 Å². The normalized spacial score (nSPS) is 14.1. The molecule has 2 aliphatic rings. The molecule has 0 aliphatic carbocycles. The molecule has 0 N–H and O–H groups in total. The van der Waals surface area contributed by atoms with Crippen LogP contribution in [0.5, 0.6) is 23.0 Å². The molecular weight excluding hydrogens is 1020 g/mol. The molecule has 0 bridgehead atoms. The maximum Gasteiger partial charge on any atom is 0.344 e. The number of carbonyl (C=O) groups excluding carboxylic acids is 2. The van der Waals surface area contributed by atoms with Gasteiger partial charge in [0.15, 0.2) is 0 Å². The first-order valence-electron chi connectivity index (χ1n) is 23.3. The van der Waals surface area contributed by atoms with Gasteiger partial charge in [-0.25, -0.2) is 9.59 Å². The van der Waals surface area contributed by atoms with Crippen molar-refractivity contribution in [2.24, 2.45) is 0 Å². The summed E-state index contributed by atoms with van der Waals surface area (Å²) in [5.41, 5.74) is 8.06. The van der Waals surface area contributed by atoms with E-state index in [9.17, 15) is 24.0 Å². The van der Waals surface area contributed by atoms with Gasteiger partial charge in [-0.15, -0.1) is 0 Å². The average Bonchev–Trinajstić information content (AvgIpc) is 3.84. The van der Waals surface area contributed by atoms with Crippen LogP contribution >= 0.6 is 30.7 Å². The summed E-state index contributed by atoms with van der Waals surface area (Å²) in [6.45, 7) is 30.7. The largest absolute Gasteiger partial charge is 0.496 e. The second kappa shape index (κ2) is 27.8. The number of methoxy groups -OCH3 is 2. The van der Waals surface area contributed by atoms with Gasteiger partial charge in [0, 0.05) is 43.7 Å². The second-order valence-corrected chi connectivity index (χ2v) is 37.1. The van der Waals surface area contributed by atoms with Crippen LogP contribution in [0.3, 0.4) is 0 Å². The van der Waals surface area contributed by atoms with Crippen LogP contribution in [0, 0.1) is 36.5 Å². The third kappa shape index (κ3) is 18.5. The highest BCUT2D eigenvalue weighted by Gasteiger charge is 2.35. The number of nitrogens with zero attached hydrogens (tertiary/aromatic N) is 2. The maximum absolute atomic E-state index is 12.6. The quantitative estimate of drug-likeness (QED) is 0.0336. The first-order chi connectivity index (χ1) is 32.2. The zero-order valence-electron chi connectivity index (χ0n) is 44.0. The molecule has 0 radical (unpaired) electrons. The molecule has 69 heavy (non-hydrogen) atoms. The van der Waals surface area contributed by atoms with Gasteiger partial charge < -0.3 is 42.0 Å². The van der Waals surface area contributed by atoms with Gasteiger partial charge in [-0.05, 0) is 97.3 Å². The van der Waals surface area contributed by atoms with E-state index in [4.69, 9.17) is 42.7 Å². The molecule has 0 fully saturated rings. The van der Waals surface area contributed by atoms with E-state index in [1.807, 2.05) is 26.8 Å². The highest BCUT2D eigenvalue weighted by atomic mass is 79.9. The van der Waals surface area contributed by atoms with Gasteiger partial charge in [0.25, 0.3) is 0 Å². The number of nitriles is 2. The van der Waals surface area contributed by atoms with Crippen LogP contribution in [0.2, 0.25) is 51.4 Å². The van der Waals surface area contributed by atoms with Crippen molar-refractivity contribution in [3.63, 3.8) is 0 Å². The molecular formula is C50H77BrN2O12P2Si2. The van der Waals surface area contributed by atoms with E-state index in [0.29, 0.717) is 74.1 Å². The molecule has 2 aromatic rings. The molecule has 19 heteroatoms. The number of allylic oxidation sites excluding steroid dienone is 4. The van der Waals surface area contributed by atoms with Crippen LogP contribution in [-0.2, 0) is 53.7 Å². The summed E-state index contributed by atoms with van der Waals surface area (Å²) < 4.78 is 67.9. The Morgan fingerprint density at radius 3 is 1.46 bits per heavy atom. The molecule has 0 saturated heterocycles. The first-order valence-corrected chi connectivity index (χ1v) is 36.2. The summed E-state index contributed by atoms with van der Waals surface area (Å²) in [4.78, 5) is 25.0.